The highest BCUT2D eigenvalue weighted by Crippen LogP contribution is 2.24. The maximum absolute atomic E-state index is 11.7. The van der Waals surface area contributed by atoms with Crippen LogP contribution in [0.15, 0.2) is 30.5 Å². The Kier molecular flexibility index (Phi) is 4.67. The second-order valence-corrected chi connectivity index (χ2v) is 4.99. The Balaban J connectivity index is 2.32. The number of nitrogens with zero attached hydrogens (tertiary/aromatic N) is 1. The number of carbonyl (C=O) groups is 2. The molecule has 112 valence electrons. The van der Waals surface area contributed by atoms with Crippen LogP contribution >= 0.6 is 11.6 Å². The molecule has 1 aromatic heterocycles. The summed E-state index contributed by atoms with van der Waals surface area (Å²) in [4.78, 5) is 26.0. The lowest BCUT2D eigenvalue weighted by atomic mass is 9.87. The number of pyridine rings is 1. The van der Waals surface area contributed by atoms with E-state index in [0.29, 0.717) is 10.6 Å². The van der Waals surface area contributed by atoms with Crippen molar-refractivity contribution in [3.05, 3.63) is 41.2 Å². The second-order valence-electron chi connectivity index (χ2n) is 4.58. The number of nitrogens with one attached hydrogen (secondary N) is 1. The average molecular weight is 319 g/mol. The van der Waals surface area contributed by atoms with E-state index in [4.69, 9.17) is 16.7 Å². The number of amides is 1. The summed E-state index contributed by atoms with van der Waals surface area (Å²) < 4.78 is 0. The number of hydrogen-bond acceptors (Lipinski definition) is 4. The number of carboxylic acids is 1. The summed E-state index contributed by atoms with van der Waals surface area (Å²) in [6.45, 7) is -0.547. The lowest BCUT2D eigenvalue weighted by molar-refractivity contribution is -0.135. The SMILES string of the molecule is Bc1c(Cl)cccc1-c1cnc(C(=O)NCC(=O)O)c(O)c1. The summed E-state index contributed by atoms with van der Waals surface area (Å²) in [5, 5.41) is 21.2. The van der Waals surface area contributed by atoms with Crippen molar-refractivity contribution in [3.63, 3.8) is 0 Å². The average Bonchev–Trinajstić information content (AvgIpc) is 2.47. The van der Waals surface area contributed by atoms with Crippen LogP contribution in [0.5, 0.6) is 5.75 Å². The van der Waals surface area contributed by atoms with Gasteiger partial charge in [-0.3, -0.25) is 9.59 Å². The highest BCUT2D eigenvalue weighted by Gasteiger charge is 2.15. The molecular weight excluding hydrogens is 306 g/mol. The van der Waals surface area contributed by atoms with Crippen LogP contribution in [0.4, 0.5) is 0 Å². The van der Waals surface area contributed by atoms with Gasteiger partial charge in [0.15, 0.2) is 5.69 Å². The molecule has 0 atom stereocenters. The van der Waals surface area contributed by atoms with Crippen molar-refractivity contribution in [2.45, 2.75) is 0 Å². The van der Waals surface area contributed by atoms with Crippen LogP contribution in [-0.4, -0.2) is 41.5 Å². The summed E-state index contributed by atoms with van der Waals surface area (Å²) in [6, 6.07) is 6.74. The van der Waals surface area contributed by atoms with E-state index >= 15 is 0 Å². The molecule has 0 bridgehead atoms. The highest BCUT2D eigenvalue weighted by molar-refractivity contribution is 6.47. The first kappa shape index (κ1) is 15.8. The van der Waals surface area contributed by atoms with Gasteiger partial charge in [-0.1, -0.05) is 29.2 Å². The van der Waals surface area contributed by atoms with E-state index in [1.54, 1.807) is 12.1 Å². The van der Waals surface area contributed by atoms with Crippen molar-refractivity contribution >= 4 is 36.8 Å². The fourth-order valence-corrected chi connectivity index (χ4v) is 2.11. The Morgan fingerprint density at radius 2 is 2.09 bits per heavy atom. The molecule has 2 aromatic rings. The fourth-order valence-electron chi connectivity index (χ4n) is 1.94. The van der Waals surface area contributed by atoms with Gasteiger partial charge in [-0.15, -0.1) is 0 Å². The molecule has 0 aliphatic heterocycles. The third-order valence-electron chi connectivity index (χ3n) is 3.06. The predicted molar refractivity (Wildman–Crippen MR) is 84.5 cm³/mol. The van der Waals surface area contributed by atoms with Gasteiger partial charge in [-0.05, 0) is 17.7 Å². The molecule has 0 spiro atoms. The molecule has 1 amide bonds. The fraction of sp³-hybridized carbons (Fsp3) is 0.0714. The molecule has 0 saturated heterocycles. The van der Waals surface area contributed by atoms with Crippen LogP contribution in [0.1, 0.15) is 10.5 Å². The van der Waals surface area contributed by atoms with E-state index in [1.165, 1.54) is 12.3 Å². The van der Waals surface area contributed by atoms with E-state index in [2.05, 4.69) is 10.3 Å². The minimum Gasteiger partial charge on any atom is -0.505 e. The zero-order chi connectivity index (χ0) is 16.3. The third kappa shape index (κ3) is 3.37. The summed E-state index contributed by atoms with van der Waals surface area (Å²) in [5.41, 5.74) is 1.98. The minimum atomic E-state index is -1.18. The van der Waals surface area contributed by atoms with Crippen molar-refractivity contribution < 1.29 is 19.8 Å². The Hall–Kier alpha value is -2.54. The van der Waals surface area contributed by atoms with E-state index < -0.39 is 18.4 Å². The molecular formula is C14H12BClN2O4. The molecule has 2 rings (SSSR count). The van der Waals surface area contributed by atoms with Gasteiger partial charge in [0.25, 0.3) is 5.91 Å². The molecule has 6 nitrogen and oxygen atoms in total. The summed E-state index contributed by atoms with van der Waals surface area (Å²) in [7, 11) is 1.84. The van der Waals surface area contributed by atoms with Crippen molar-refractivity contribution in [2.75, 3.05) is 6.54 Å². The summed E-state index contributed by atoms with van der Waals surface area (Å²) in [6.07, 6.45) is 1.42. The van der Waals surface area contributed by atoms with Crippen LogP contribution < -0.4 is 10.8 Å². The number of aromatic nitrogens is 1. The van der Waals surface area contributed by atoms with Crippen molar-refractivity contribution in [1.29, 1.82) is 0 Å². The number of benzene rings is 1. The quantitative estimate of drug-likeness (QED) is 0.698. The molecule has 0 saturated carbocycles. The highest BCUT2D eigenvalue weighted by atomic mass is 35.5. The topological polar surface area (TPSA) is 99.5 Å². The van der Waals surface area contributed by atoms with Gasteiger partial charge in [-0.2, -0.15) is 0 Å². The minimum absolute atomic E-state index is 0.232. The second kappa shape index (κ2) is 6.49. The van der Waals surface area contributed by atoms with Crippen LogP contribution in [-0.2, 0) is 4.79 Å². The van der Waals surface area contributed by atoms with Gasteiger partial charge in [0.2, 0.25) is 0 Å². The van der Waals surface area contributed by atoms with E-state index in [9.17, 15) is 14.7 Å². The Labute approximate surface area is 132 Å². The van der Waals surface area contributed by atoms with Crippen molar-refractivity contribution in [1.82, 2.24) is 10.3 Å². The van der Waals surface area contributed by atoms with Crippen LogP contribution in [0, 0.1) is 0 Å². The summed E-state index contributed by atoms with van der Waals surface area (Å²) in [5.74, 6) is -2.27. The number of aromatic hydroxyl groups is 1. The molecule has 0 unspecified atom stereocenters. The zero-order valence-corrected chi connectivity index (χ0v) is 12.4. The van der Waals surface area contributed by atoms with Crippen LogP contribution in [0.25, 0.3) is 11.1 Å². The lowest BCUT2D eigenvalue weighted by Gasteiger charge is -2.10. The molecule has 1 aromatic carbocycles. The van der Waals surface area contributed by atoms with Gasteiger partial charge in [0, 0.05) is 16.8 Å². The first-order chi connectivity index (χ1) is 10.4. The third-order valence-corrected chi connectivity index (χ3v) is 3.47. The first-order valence-electron chi connectivity index (χ1n) is 6.34. The number of hydrogen-bond donors (Lipinski definition) is 3. The number of carboxylic acid groups (broad SMARTS) is 1. The standard InChI is InChI=1S/C14H12BClN2O4/c15-12-8(2-1-3-9(12)16)7-4-10(19)13(17-5-7)14(22)18-6-11(20)21/h1-5,19H,6,15H2,(H,18,22)(H,20,21). The van der Waals surface area contributed by atoms with Gasteiger partial charge < -0.3 is 15.5 Å². The molecule has 3 N–H and O–H groups in total. The van der Waals surface area contributed by atoms with Crippen molar-refractivity contribution in [2.24, 2.45) is 0 Å². The lowest BCUT2D eigenvalue weighted by Crippen LogP contribution is -2.29. The van der Waals surface area contributed by atoms with Crippen LogP contribution in [0.3, 0.4) is 0 Å². The van der Waals surface area contributed by atoms with Gasteiger partial charge in [0.1, 0.15) is 20.1 Å². The predicted octanol–water partition coefficient (Wildman–Crippen LogP) is 0.180. The van der Waals surface area contributed by atoms with E-state index in [0.717, 1.165) is 11.0 Å². The molecule has 0 radical (unpaired) electrons. The molecule has 8 heteroatoms. The Morgan fingerprint density at radius 1 is 1.36 bits per heavy atom. The van der Waals surface area contributed by atoms with Crippen LogP contribution in [0.2, 0.25) is 5.02 Å². The van der Waals surface area contributed by atoms with E-state index in [-0.39, 0.29) is 11.4 Å². The maximum Gasteiger partial charge on any atom is 0.322 e. The normalized spacial score (nSPS) is 10.2. The Bertz CT molecular complexity index is 752. The first-order valence-corrected chi connectivity index (χ1v) is 6.72. The Morgan fingerprint density at radius 3 is 2.73 bits per heavy atom. The number of rotatable bonds is 4. The van der Waals surface area contributed by atoms with Gasteiger partial charge >= 0.3 is 5.97 Å². The van der Waals surface area contributed by atoms with Gasteiger partial charge in [-0.25, -0.2) is 4.98 Å². The zero-order valence-electron chi connectivity index (χ0n) is 11.6. The number of halogens is 1. The number of aliphatic carboxylic acids is 1. The monoisotopic (exact) mass is 318 g/mol. The summed E-state index contributed by atoms with van der Waals surface area (Å²) >= 11 is 6.05. The van der Waals surface area contributed by atoms with Crippen molar-refractivity contribution in [3.8, 4) is 16.9 Å². The molecule has 1 heterocycles. The molecule has 0 fully saturated rings. The smallest absolute Gasteiger partial charge is 0.322 e. The number of carbonyl (C=O) groups excluding carboxylic acids is 1. The molecule has 0 aliphatic carbocycles. The van der Waals surface area contributed by atoms with E-state index in [1.807, 2.05) is 13.9 Å². The molecule has 22 heavy (non-hydrogen) atoms. The van der Waals surface area contributed by atoms with Gasteiger partial charge in [0.05, 0.1) is 0 Å². The largest absolute Gasteiger partial charge is 0.505 e. The molecule has 0 aliphatic rings. The maximum atomic E-state index is 11.7.